The Hall–Kier alpha value is -1.95. The topological polar surface area (TPSA) is 64.1 Å². The van der Waals surface area contributed by atoms with Gasteiger partial charge in [0.1, 0.15) is 12.0 Å². The van der Waals surface area contributed by atoms with E-state index in [1.54, 1.807) is 11.3 Å². The molecule has 0 aromatic carbocycles. The maximum absolute atomic E-state index is 11.8. The molecule has 6 heteroatoms. The molecule has 0 atom stereocenters. The van der Waals surface area contributed by atoms with E-state index in [1.807, 2.05) is 16.8 Å². The molecule has 2 heterocycles. The van der Waals surface area contributed by atoms with E-state index in [2.05, 4.69) is 15.3 Å². The van der Waals surface area contributed by atoms with Crippen LogP contribution in [0.25, 0.3) is 0 Å². The van der Waals surface area contributed by atoms with Gasteiger partial charge in [0.25, 0.3) is 0 Å². The predicted molar refractivity (Wildman–Crippen MR) is 69.9 cm³/mol. The van der Waals surface area contributed by atoms with Crippen molar-refractivity contribution in [2.75, 3.05) is 12.4 Å². The average molecular weight is 263 g/mol. The van der Waals surface area contributed by atoms with Crippen molar-refractivity contribution in [1.82, 2.24) is 9.97 Å². The van der Waals surface area contributed by atoms with Crippen molar-refractivity contribution in [3.05, 3.63) is 34.9 Å². The lowest BCUT2D eigenvalue weighted by molar-refractivity contribution is -0.116. The molecule has 1 amide bonds. The normalized spacial score (nSPS) is 10.1. The van der Waals surface area contributed by atoms with Gasteiger partial charge in [-0.25, -0.2) is 4.98 Å². The first-order valence-corrected chi connectivity index (χ1v) is 6.39. The first-order chi connectivity index (χ1) is 8.79. The van der Waals surface area contributed by atoms with Gasteiger partial charge in [0.2, 0.25) is 11.8 Å². The lowest BCUT2D eigenvalue weighted by Gasteiger charge is -2.07. The van der Waals surface area contributed by atoms with Crippen LogP contribution in [-0.4, -0.2) is 23.0 Å². The zero-order valence-electron chi connectivity index (χ0n) is 9.92. The molecule has 2 aromatic rings. The molecular weight excluding hydrogens is 250 g/mol. The van der Waals surface area contributed by atoms with E-state index < -0.39 is 0 Å². The molecule has 0 radical (unpaired) electrons. The lowest BCUT2D eigenvalue weighted by Crippen LogP contribution is -2.13. The molecule has 0 aliphatic rings. The molecule has 18 heavy (non-hydrogen) atoms. The summed E-state index contributed by atoms with van der Waals surface area (Å²) in [4.78, 5) is 19.5. The SMILES string of the molecule is COc1ncncc1NC(=O)CCc1ccsc1. The summed E-state index contributed by atoms with van der Waals surface area (Å²) in [5, 5.41) is 6.78. The molecule has 2 aromatic heterocycles. The second-order valence-corrected chi connectivity index (χ2v) is 4.41. The van der Waals surface area contributed by atoms with Crippen LogP contribution in [0, 0.1) is 0 Å². The number of hydrogen-bond donors (Lipinski definition) is 1. The summed E-state index contributed by atoms with van der Waals surface area (Å²) < 4.78 is 5.03. The van der Waals surface area contributed by atoms with Crippen LogP contribution in [0.5, 0.6) is 5.88 Å². The number of nitrogens with one attached hydrogen (secondary N) is 1. The van der Waals surface area contributed by atoms with Gasteiger partial charge < -0.3 is 10.1 Å². The quantitative estimate of drug-likeness (QED) is 0.897. The summed E-state index contributed by atoms with van der Waals surface area (Å²) in [6, 6.07) is 2.02. The number of carbonyl (C=O) groups excluding carboxylic acids is 1. The standard InChI is InChI=1S/C12H13N3O2S/c1-17-12-10(6-13-8-14-12)15-11(16)3-2-9-4-5-18-7-9/h4-8H,2-3H2,1H3,(H,15,16). The van der Waals surface area contributed by atoms with Crippen molar-refractivity contribution < 1.29 is 9.53 Å². The Morgan fingerprint density at radius 3 is 3.17 bits per heavy atom. The summed E-state index contributed by atoms with van der Waals surface area (Å²) >= 11 is 1.63. The average Bonchev–Trinajstić information content (AvgIpc) is 2.90. The Morgan fingerprint density at radius 2 is 2.44 bits per heavy atom. The molecule has 0 spiro atoms. The second-order valence-electron chi connectivity index (χ2n) is 3.63. The highest BCUT2D eigenvalue weighted by atomic mass is 32.1. The number of nitrogens with zero attached hydrogens (tertiary/aromatic N) is 2. The molecule has 0 bridgehead atoms. The van der Waals surface area contributed by atoms with Gasteiger partial charge in [-0.05, 0) is 28.8 Å². The molecule has 0 unspecified atom stereocenters. The van der Waals surface area contributed by atoms with Crippen LogP contribution in [0.15, 0.2) is 29.4 Å². The van der Waals surface area contributed by atoms with Crippen molar-refractivity contribution in [2.45, 2.75) is 12.8 Å². The van der Waals surface area contributed by atoms with Gasteiger partial charge in [0.05, 0.1) is 13.3 Å². The van der Waals surface area contributed by atoms with Crippen molar-refractivity contribution in [3.8, 4) is 5.88 Å². The number of aromatic nitrogens is 2. The molecule has 5 nitrogen and oxygen atoms in total. The van der Waals surface area contributed by atoms with Crippen LogP contribution < -0.4 is 10.1 Å². The maximum Gasteiger partial charge on any atom is 0.240 e. The highest BCUT2D eigenvalue weighted by Crippen LogP contribution is 2.19. The number of anilines is 1. The number of carbonyl (C=O) groups is 1. The smallest absolute Gasteiger partial charge is 0.240 e. The largest absolute Gasteiger partial charge is 0.479 e. The molecule has 0 aliphatic carbocycles. The van der Waals surface area contributed by atoms with Crippen LogP contribution >= 0.6 is 11.3 Å². The molecular formula is C12H13N3O2S. The number of amides is 1. The van der Waals surface area contributed by atoms with Crippen LogP contribution in [0.2, 0.25) is 0 Å². The summed E-state index contributed by atoms with van der Waals surface area (Å²) in [5.41, 5.74) is 1.67. The minimum Gasteiger partial charge on any atom is -0.479 e. The van der Waals surface area contributed by atoms with Gasteiger partial charge in [0.15, 0.2) is 0 Å². The number of hydrogen-bond acceptors (Lipinski definition) is 5. The molecule has 0 saturated carbocycles. The number of thiophene rings is 1. The van der Waals surface area contributed by atoms with E-state index in [4.69, 9.17) is 4.74 Å². The summed E-state index contributed by atoms with van der Waals surface area (Å²) in [6.07, 6.45) is 4.05. The van der Waals surface area contributed by atoms with E-state index in [9.17, 15) is 4.79 Å². The van der Waals surface area contributed by atoms with Crippen molar-refractivity contribution in [2.24, 2.45) is 0 Å². The maximum atomic E-state index is 11.8. The highest BCUT2D eigenvalue weighted by Gasteiger charge is 2.08. The minimum atomic E-state index is -0.0747. The summed E-state index contributed by atoms with van der Waals surface area (Å²) in [7, 11) is 1.50. The molecule has 94 valence electrons. The van der Waals surface area contributed by atoms with Gasteiger partial charge in [-0.15, -0.1) is 0 Å². The third-order valence-corrected chi connectivity index (χ3v) is 3.10. The number of aryl methyl sites for hydroxylation is 1. The van der Waals surface area contributed by atoms with Gasteiger partial charge in [-0.3, -0.25) is 4.79 Å². The fraction of sp³-hybridized carbons (Fsp3) is 0.250. The third kappa shape index (κ3) is 3.27. The second kappa shape index (κ2) is 6.11. The number of rotatable bonds is 5. The Labute approximate surface area is 109 Å². The van der Waals surface area contributed by atoms with Gasteiger partial charge in [-0.2, -0.15) is 16.3 Å². The molecule has 0 aliphatic heterocycles. The van der Waals surface area contributed by atoms with E-state index in [1.165, 1.54) is 25.2 Å². The minimum absolute atomic E-state index is 0.0747. The summed E-state index contributed by atoms with van der Waals surface area (Å²) in [5.74, 6) is 0.295. The molecule has 0 fully saturated rings. The predicted octanol–water partition coefficient (Wildman–Crippen LogP) is 2.12. The number of methoxy groups -OCH3 is 1. The zero-order valence-corrected chi connectivity index (χ0v) is 10.7. The van der Waals surface area contributed by atoms with Crippen LogP contribution in [0.3, 0.4) is 0 Å². The van der Waals surface area contributed by atoms with E-state index in [-0.39, 0.29) is 5.91 Å². The molecule has 0 saturated heterocycles. The number of ether oxygens (including phenoxy) is 1. The molecule has 1 N–H and O–H groups in total. The first kappa shape index (κ1) is 12.5. The third-order valence-electron chi connectivity index (χ3n) is 2.36. The Morgan fingerprint density at radius 1 is 1.56 bits per heavy atom. The monoisotopic (exact) mass is 263 g/mol. The van der Waals surface area contributed by atoms with Crippen LogP contribution in [0.1, 0.15) is 12.0 Å². The van der Waals surface area contributed by atoms with E-state index >= 15 is 0 Å². The van der Waals surface area contributed by atoms with E-state index in [0.717, 1.165) is 6.42 Å². The van der Waals surface area contributed by atoms with Crippen molar-refractivity contribution in [1.29, 1.82) is 0 Å². The fourth-order valence-electron chi connectivity index (χ4n) is 1.47. The van der Waals surface area contributed by atoms with Gasteiger partial charge in [0, 0.05) is 6.42 Å². The molecule has 2 rings (SSSR count). The van der Waals surface area contributed by atoms with Crippen LogP contribution in [0.4, 0.5) is 5.69 Å². The Balaban J connectivity index is 1.90. The first-order valence-electron chi connectivity index (χ1n) is 5.44. The fourth-order valence-corrected chi connectivity index (χ4v) is 2.18. The Bertz CT molecular complexity index is 514. The van der Waals surface area contributed by atoms with E-state index in [0.29, 0.717) is 18.0 Å². The van der Waals surface area contributed by atoms with Crippen molar-refractivity contribution >= 4 is 22.9 Å². The lowest BCUT2D eigenvalue weighted by atomic mass is 10.2. The highest BCUT2D eigenvalue weighted by molar-refractivity contribution is 7.07. The van der Waals surface area contributed by atoms with Crippen molar-refractivity contribution in [3.63, 3.8) is 0 Å². The van der Waals surface area contributed by atoms with Gasteiger partial charge >= 0.3 is 0 Å². The summed E-state index contributed by atoms with van der Waals surface area (Å²) in [6.45, 7) is 0. The zero-order chi connectivity index (χ0) is 12.8. The van der Waals surface area contributed by atoms with Crippen LogP contribution in [-0.2, 0) is 11.2 Å². The Kier molecular flexibility index (Phi) is 4.25. The van der Waals surface area contributed by atoms with Gasteiger partial charge in [-0.1, -0.05) is 0 Å².